The van der Waals surface area contributed by atoms with Crippen molar-refractivity contribution in [2.24, 2.45) is 5.41 Å². The van der Waals surface area contributed by atoms with E-state index in [9.17, 15) is 13.2 Å². The SMILES string of the molecule is C=CCN1C(=O)C(C)(C)COc2cc(NS(=O)(=O)c3cc(C)c(Cl)cc3Cl)ccc21. The fraction of sp³-hybridized carbons (Fsp3) is 0.286. The fourth-order valence-electron chi connectivity index (χ4n) is 3.07. The highest BCUT2D eigenvalue weighted by atomic mass is 35.5. The third kappa shape index (κ3) is 4.29. The zero-order valence-electron chi connectivity index (χ0n) is 16.8. The number of sulfonamides is 1. The molecule has 1 N–H and O–H groups in total. The lowest BCUT2D eigenvalue weighted by Gasteiger charge is -2.27. The largest absolute Gasteiger partial charge is 0.490 e. The van der Waals surface area contributed by atoms with Gasteiger partial charge >= 0.3 is 0 Å². The van der Waals surface area contributed by atoms with Crippen LogP contribution in [0.15, 0.2) is 47.9 Å². The molecular formula is C21H22Cl2N2O4S. The molecule has 0 saturated heterocycles. The zero-order valence-corrected chi connectivity index (χ0v) is 19.2. The maximum Gasteiger partial charge on any atom is 0.263 e. The van der Waals surface area contributed by atoms with Crippen LogP contribution < -0.4 is 14.4 Å². The average molecular weight is 469 g/mol. The Labute approximate surface area is 186 Å². The van der Waals surface area contributed by atoms with Crippen molar-refractivity contribution in [3.63, 3.8) is 0 Å². The maximum atomic E-state index is 12.9. The van der Waals surface area contributed by atoms with Crippen LogP contribution in [-0.2, 0) is 14.8 Å². The average Bonchev–Trinajstić information content (AvgIpc) is 2.75. The summed E-state index contributed by atoms with van der Waals surface area (Å²) >= 11 is 12.1. The second-order valence-electron chi connectivity index (χ2n) is 7.70. The number of hydrogen-bond acceptors (Lipinski definition) is 4. The van der Waals surface area contributed by atoms with Gasteiger partial charge < -0.3 is 9.64 Å². The zero-order chi connectivity index (χ0) is 22.3. The van der Waals surface area contributed by atoms with Gasteiger partial charge in [0.1, 0.15) is 17.3 Å². The molecule has 0 aliphatic carbocycles. The number of ether oxygens (including phenoxy) is 1. The third-order valence-corrected chi connectivity index (χ3v) is 6.98. The predicted octanol–water partition coefficient (Wildman–Crippen LogP) is 5.04. The number of nitrogens with zero attached hydrogens (tertiary/aromatic N) is 1. The molecule has 0 radical (unpaired) electrons. The first kappa shape index (κ1) is 22.5. The van der Waals surface area contributed by atoms with E-state index in [0.717, 1.165) is 0 Å². The van der Waals surface area contributed by atoms with Gasteiger partial charge in [-0.05, 0) is 50.6 Å². The van der Waals surface area contributed by atoms with Crippen molar-refractivity contribution in [1.29, 1.82) is 0 Å². The Balaban J connectivity index is 1.99. The summed E-state index contributed by atoms with van der Waals surface area (Å²) in [5.74, 6) is 0.298. The predicted molar refractivity (Wildman–Crippen MR) is 120 cm³/mol. The molecule has 0 fully saturated rings. The highest BCUT2D eigenvalue weighted by Crippen LogP contribution is 2.39. The van der Waals surface area contributed by atoms with Crippen LogP contribution in [0.1, 0.15) is 19.4 Å². The second-order valence-corrected chi connectivity index (χ2v) is 10.2. The molecule has 1 aliphatic heterocycles. The normalized spacial score (nSPS) is 15.8. The molecular weight excluding hydrogens is 447 g/mol. The molecule has 0 unspecified atom stereocenters. The van der Waals surface area contributed by atoms with Crippen molar-refractivity contribution in [2.75, 3.05) is 22.8 Å². The molecule has 0 atom stereocenters. The van der Waals surface area contributed by atoms with Crippen molar-refractivity contribution >= 4 is 50.5 Å². The third-order valence-electron chi connectivity index (χ3n) is 4.73. The molecule has 2 aromatic rings. The number of amides is 1. The summed E-state index contributed by atoms with van der Waals surface area (Å²) in [6.07, 6.45) is 1.63. The van der Waals surface area contributed by atoms with E-state index in [4.69, 9.17) is 27.9 Å². The van der Waals surface area contributed by atoms with E-state index >= 15 is 0 Å². The number of carbonyl (C=O) groups is 1. The standard InChI is InChI=1S/C21H22Cl2N2O4S/c1-5-8-25-17-7-6-14(10-18(17)29-12-21(3,4)20(25)26)24-30(27,28)19-9-13(2)15(22)11-16(19)23/h5-7,9-11,24H,1,8,12H2,2-4H3. The molecule has 0 saturated carbocycles. The topological polar surface area (TPSA) is 75.7 Å². The van der Waals surface area contributed by atoms with Crippen LogP contribution in [0, 0.1) is 12.3 Å². The number of rotatable bonds is 5. The van der Waals surface area contributed by atoms with Crippen LogP contribution in [0.2, 0.25) is 10.0 Å². The summed E-state index contributed by atoms with van der Waals surface area (Å²) in [6.45, 7) is 9.47. The van der Waals surface area contributed by atoms with E-state index in [-0.39, 0.29) is 28.1 Å². The molecule has 30 heavy (non-hydrogen) atoms. The minimum atomic E-state index is -3.97. The monoisotopic (exact) mass is 468 g/mol. The first-order valence-corrected chi connectivity index (χ1v) is 11.4. The van der Waals surface area contributed by atoms with E-state index in [1.54, 1.807) is 49.9 Å². The van der Waals surface area contributed by atoms with Crippen LogP contribution in [0.4, 0.5) is 11.4 Å². The Morgan fingerprint density at radius 1 is 1.23 bits per heavy atom. The molecule has 1 amide bonds. The van der Waals surface area contributed by atoms with Crippen LogP contribution in [0.5, 0.6) is 5.75 Å². The van der Waals surface area contributed by atoms with Gasteiger partial charge in [0.25, 0.3) is 10.0 Å². The number of carbonyl (C=O) groups excluding carboxylic acids is 1. The summed E-state index contributed by atoms with van der Waals surface area (Å²) < 4.78 is 34.1. The van der Waals surface area contributed by atoms with Gasteiger partial charge in [-0.1, -0.05) is 29.3 Å². The Kier molecular flexibility index (Phi) is 6.09. The van der Waals surface area contributed by atoms with Gasteiger partial charge in [-0.3, -0.25) is 9.52 Å². The summed E-state index contributed by atoms with van der Waals surface area (Å²) in [4.78, 5) is 14.4. The van der Waals surface area contributed by atoms with E-state index < -0.39 is 15.4 Å². The number of halogens is 2. The van der Waals surface area contributed by atoms with E-state index in [0.29, 0.717) is 28.6 Å². The van der Waals surface area contributed by atoms with Gasteiger partial charge in [0.2, 0.25) is 5.91 Å². The Hall–Kier alpha value is -2.22. The number of fused-ring (bicyclic) bond motifs is 1. The summed E-state index contributed by atoms with van der Waals surface area (Å²) in [7, 11) is -3.97. The Bertz CT molecular complexity index is 1130. The molecule has 0 spiro atoms. The second kappa shape index (κ2) is 8.13. The Morgan fingerprint density at radius 3 is 2.60 bits per heavy atom. The van der Waals surface area contributed by atoms with E-state index in [1.807, 2.05) is 0 Å². The van der Waals surface area contributed by atoms with Gasteiger partial charge in [-0.15, -0.1) is 6.58 Å². The Morgan fingerprint density at radius 2 is 1.93 bits per heavy atom. The van der Waals surface area contributed by atoms with Crippen molar-refractivity contribution in [2.45, 2.75) is 25.7 Å². The molecule has 0 aromatic heterocycles. The number of benzene rings is 2. The molecule has 160 valence electrons. The van der Waals surface area contributed by atoms with Crippen molar-refractivity contribution in [1.82, 2.24) is 0 Å². The minimum Gasteiger partial charge on any atom is -0.490 e. The lowest BCUT2D eigenvalue weighted by Crippen LogP contribution is -2.42. The van der Waals surface area contributed by atoms with Crippen molar-refractivity contribution < 1.29 is 17.9 Å². The minimum absolute atomic E-state index is 0.0219. The molecule has 2 aromatic carbocycles. The molecule has 1 aliphatic rings. The van der Waals surface area contributed by atoms with Crippen LogP contribution in [0.25, 0.3) is 0 Å². The summed E-state index contributed by atoms with van der Waals surface area (Å²) in [6, 6.07) is 7.57. The van der Waals surface area contributed by atoms with Gasteiger partial charge in [0, 0.05) is 17.6 Å². The molecule has 6 nitrogen and oxygen atoms in total. The number of aryl methyl sites for hydroxylation is 1. The van der Waals surface area contributed by atoms with Crippen LogP contribution >= 0.6 is 23.2 Å². The lowest BCUT2D eigenvalue weighted by atomic mass is 9.93. The van der Waals surface area contributed by atoms with E-state index in [1.165, 1.54) is 12.1 Å². The highest BCUT2D eigenvalue weighted by Gasteiger charge is 2.37. The van der Waals surface area contributed by atoms with Gasteiger partial charge in [-0.25, -0.2) is 8.42 Å². The molecule has 9 heteroatoms. The van der Waals surface area contributed by atoms with Crippen molar-refractivity contribution in [3.05, 3.63) is 58.6 Å². The molecule has 0 bridgehead atoms. The van der Waals surface area contributed by atoms with Crippen LogP contribution in [0.3, 0.4) is 0 Å². The molecule has 1 heterocycles. The molecule has 3 rings (SSSR count). The summed E-state index contributed by atoms with van der Waals surface area (Å²) in [5, 5.41) is 0.403. The quantitative estimate of drug-likeness (QED) is 0.623. The van der Waals surface area contributed by atoms with Gasteiger partial charge in [0.05, 0.1) is 21.8 Å². The first-order valence-electron chi connectivity index (χ1n) is 9.14. The highest BCUT2D eigenvalue weighted by molar-refractivity contribution is 7.92. The lowest BCUT2D eigenvalue weighted by molar-refractivity contribution is -0.127. The van der Waals surface area contributed by atoms with Crippen molar-refractivity contribution in [3.8, 4) is 5.75 Å². The van der Waals surface area contributed by atoms with Crippen LogP contribution in [-0.4, -0.2) is 27.5 Å². The summed E-state index contributed by atoms with van der Waals surface area (Å²) in [5.41, 5.74) is 0.681. The van der Waals surface area contributed by atoms with E-state index in [2.05, 4.69) is 11.3 Å². The maximum absolute atomic E-state index is 12.9. The number of nitrogens with one attached hydrogen (secondary N) is 1. The number of anilines is 2. The van der Waals surface area contributed by atoms with Gasteiger partial charge in [0.15, 0.2) is 0 Å². The smallest absolute Gasteiger partial charge is 0.263 e. The fourth-order valence-corrected chi connectivity index (χ4v) is 4.95. The number of hydrogen-bond donors (Lipinski definition) is 1. The first-order chi connectivity index (χ1) is 14.0. The van der Waals surface area contributed by atoms with Gasteiger partial charge in [-0.2, -0.15) is 0 Å².